The molecule has 0 spiro atoms. The van der Waals surface area contributed by atoms with E-state index in [1.165, 1.54) is 0 Å². The Hall–Kier alpha value is -1.44. The molecular formula is C9H8NO. The van der Waals surface area contributed by atoms with E-state index in [9.17, 15) is 0 Å². The molecule has 0 atom stereocenters. The monoisotopic (exact) mass is 146 g/mol. The first-order valence-electron chi connectivity index (χ1n) is 3.43. The van der Waals surface area contributed by atoms with Gasteiger partial charge in [0.1, 0.15) is 0 Å². The minimum atomic E-state index is 0.791. The maximum atomic E-state index is 5.03. The molecule has 0 saturated heterocycles. The molecule has 0 fully saturated rings. The number of ether oxygens (including phenoxy) is 1. The molecule has 2 heteroatoms. The second-order valence-corrected chi connectivity index (χ2v) is 2.35. The molecule has 1 aromatic carbocycles. The summed E-state index contributed by atoms with van der Waals surface area (Å²) in [5.74, 6) is 0.791. The van der Waals surface area contributed by atoms with Gasteiger partial charge in [-0.05, 0) is 18.2 Å². The third kappa shape index (κ3) is 0.963. The Morgan fingerprint density at radius 2 is 2.45 bits per heavy atom. The van der Waals surface area contributed by atoms with Crippen molar-refractivity contribution in [2.45, 2.75) is 0 Å². The van der Waals surface area contributed by atoms with Crippen molar-refractivity contribution >= 4 is 10.9 Å². The maximum absolute atomic E-state index is 5.03. The van der Waals surface area contributed by atoms with Gasteiger partial charge in [-0.15, -0.1) is 0 Å². The highest BCUT2D eigenvalue weighted by molar-refractivity contribution is 5.80. The van der Waals surface area contributed by atoms with E-state index >= 15 is 0 Å². The lowest BCUT2D eigenvalue weighted by Gasteiger charge is -1.89. The van der Waals surface area contributed by atoms with E-state index in [1.807, 2.05) is 24.3 Å². The molecule has 0 unspecified atom stereocenters. The molecule has 1 aromatic heterocycles. The number of aromatic amines is 1. The summed E-state index contributed by atoms with van der Waals surface area (Å²) in [4.78, 5) is 3.10. The average molecular weight is 146 g/mol. The van der Waals surface area contributed by atoms with Crippen LogP contribution in [0.15, 0.2) is 24.3 Å². The molecule has 0 bridgehead atoms. The van der Waals surface area contributed by atoms with Crippen LogP contribution in [-0.2, 0) is 0 Å². The minimum Gasteiger partial charge on any atom is -0.482 e. The molecule has 0 amide bonds. The molecule has 55 valence electrons. The van der Waals surface area contributed by atoms with E-state index in [-0.39, 0.29) is 0 Å². The van der Waals surface area contributed by atoms with Gasteiger partial charge in [0, 0.05) is 17.0 Å². The Kier molecular flexibility index (Phi) is 1.32. The van der Waals surface area contributed by atoms with Crippen LogP contribution in [0.5, 0.6) is 5.88 Å². The fraction of sp³-hybridized carbons (Fsp3) is 0.111. The van der Waals surface area contributed by atoms with Gasteiger partial charge in [-0.2, -0.15) is 0 Å². The van der Waals surface area contributed by atoms with Gasteiger partial charge in [0.2, 0.25) is 0 Å². The van der Waals surface area contributed by atoms with Crippen molar-refractivity contribution in [3.63, 3.8) is 0 Å². The van der Waals surface area contributed by atoms with Crippen LogP contribution in [0.4, 0.5) is 0 Å². The first-order chi connectivity index (χ1) is 5.40. The van der Waals surface area contributed by atoms with Crippen molar-refractivity contribution in [3.8, 4) is 5.88 Å². The van der Waals surface area contributed by atoms with Crippen molar-refractivity contribution in [2.75, 3.05) is 7.11 Å². The van der Waals surface area contributed by atoms with Gasteiger partial charge in [0.25, 0.3) is 0 Å². The second-order valence-electron chi connectivity index (χ2n) is 2.35. The highest BCUT2D eigenvalue weighted by atomic mass is 16.5. The molecule has 11 heavy (non-hydrogen) atoms. The van der Waals surface area contributed by atoms with Crippen molar-refractivity contribution in [1.82, 2.24) is 4.98 Å². The van der Waals surface area contributed by atoms with Crippen molar-refractivity contribution in [1.29, 1.82) is 0 Å². The van der Waals surface area contributed by atoms with E-state index < -0.39 is 0 Å². The zero-order chi connectivity index (χ0) is 7.68. The Bertz CT molecular complexity index is 331. The molecule has 1 heterocycles. The van der Waals surface area contributed by atoms with Crippen molar-refractivity contribution < 1.29 is 4.74 Å². The van der Waals surface area contributed by atoms with E-state index in [1.54, 1.807) is 7.11 Å². The van der Waals surface area contributed by atoms with E-state index in [4.69, 9.17) is 4.74 Å². The summed E-state index contributed by atoms with van der Waals surface area (Å²) in [5, 5.41) is 1.13. The summed E-state index contributed by atoms with van der Waals surface area (Å²) < 4.78 is 5.03. The zero-order valence-corrected chi connectivity index (χ0v) is 6.22. The third-order valence-corrected chi connectivity index (χ3v) is 1.66. The van der Waals surface area contributed by atoms with E-state index in [0.717, 1.165) is 16.8 Å². The first-order valence-corrected chi connectivity index (χ1v) is 3.43. The van der Waals surface area contributed by atoms with Gasteiger partial charge in [-0.25, -0.2) is 0 Å². The topological polar surface area (TPSA) is 25.0 Å². The fourth-order valence-corrected chi connectivity index (χ4v) is 1.10. The van der Waals surface area contributed by atoms with Crippen molar-refractivity contribution in [2.24, 2.45) is 0 Å². The molecule has 0 aliphatic rings. The molecule has 2 aromatic rings. The lowest BCUT2D eigenvalue weighted by Crippen LogP contribution is -1.79. The standard InChI is InChI=1S/C9H8NO/c1-11-9-6-7-4-2-3-5-8(7)10-9/h3-6,10H,1H3. The van der Waals surface area contributed by atoms with Gasteiger partial charge in [0.05, 0.1) is 7.11 Å². The Balaban J connectivity index is 2.69. The molecule has 2 nitrogen and oxygen atoms in total. The highest BCUT2D eigenvalue weighted by Gasteiger charge is 1.96. The molecule has 1 radical (unpaired) electrons. The molecule has 1 N–H and O–H groups in total. The number of H-pyrrole nitrogens is 1. The average Bonchev–Trinajstić information content (AvgIpc) is 2.46. The van der Waals surface area contributed by atoms with Crippen LogP contribution in [0.25, 0.3) is 10.9 Å². The van der Waals surface area contributed by atoms with Crippen molar-refractivity contribution in [3.05, 3.63) is 30.3 Å². The van der Waals surface area contributed by atoms with Gasteiger partial charge in [-0.1, -0.05) is 6.07 Å². The van der Waals surface area contributed by atoms with Crippen LogP contribution in [0.3, 0.4) is 0 Å². The largest absolute Gasteiger partial charge is 0.482 e. The van der Waals surface area contributed by atoms with E-state index in [0.29, 0.717) is 0 Å². The lowest BCUT2D eigenvalue weighted by molar-refractivity contribution is 0.401. The minimum absolute atomic E-state index is 0.791. The number of rotatable bonds is 1. The predicted octanol–water partition coefficient (Wildman–Crippen LogP) is 1.98. The first kappa shape index (κ1) is 6.28. The number of aromatic nitrogens is 1. The van der Waals surface area contributed by atoms with Crippen LogP contribution in [0, 0.1) is 6.07 Å². The number of nitrogens with one attached hydrogen (secondary N) is 1. The normalized spacial score (nSPS) is 10.3. The van der Waals surface area contributed by atoms with Gasteiger partial charge in [0.15, 0.2) is 5.88 Å². The highest BCUT2D eigenvalue weighted by Crippen LogP contribution is 2.18. The zero-order valence-electron chi connectivity index (χ0n) is 6.22. The second kappa shape index (κ2) is 2.31. The smallest absolute Gasteiger partial charge is 0.191 e. The Morgan fingerprint density at radius 1 is 1.55 bits per heavy atom. The Morgan fingerprint density at radius 3 is 3.18 bits per heavy atom. The molecular weight excluding hydrogens is 138 g/mol. The summed E-state index contributed by atoms with van der Waals surface area (Å²) in [6, 6.07) is 10.7. The summed E-state index contributed by atoms with van der Waals surface area (Å²) in [6.45, 7) is 0. The summed E-state index contributed by atoms with van der Waals surface area (Å²) >= 11 is 0. The number of benzene rings is 1. The van der Waals surface area contributed by atoms with Crippen LogP contribution in [0.1, 0.15) is 0 Å². The SMILES string of the molecule is COc1cc2c[c]ccc2[nH]1. The molecule has 2 rings (SSSR count). The summed E-state index contributed by atoms with van der Waals surface area (Å²) in [6.07, 6.45) is 0. The molecule has 0 aliphatic carbocycles. The maximum Gasteiger partial charge on any atom is 0.191 e. The third-order valence-electron chi connectivity index (χ3n) is 1.66. The van der Waals surface area contributed by atoms with Crippen LogP contribution >= 0.6 is 0 Å². The number of methoxy groups -OCH3 is 1. The molecule has 0 saturated carbocycles. The number of hydrogen-bond acceptors (Lipinski definition) is 1. The van der Waals surface area contributed by atoms with Crippen LogP contribution in [0.2, 0.25) is 0 Å². The van der Waals surface area contributed by atoms with Crippen LogP contribution < -0.4 is 4.74 Å². The lowest BCUT2D eigenvalue weighted by atomic mass is 10.3. The van der Waals surface area contributed by atoms with Gasteiger partial charge in [-0.3, -0.25) is 0 Å². The summed E-state index contributed by atoms with van der Waals surface area (Å²) in [5.41, 5.74) is 1.08. The predicted molar refractivity (Wildman–Crippen MR) is 43.7 cm³/mol. The Labute approximate surface area is 64.8 Å². The fourth-order valence-electron chi connectivity index (χ4n) is 1.10. The van der Waals surface area contributed by atoms with Gasteiger partial charge >= 0.3 is 0 Å². The number of fused-ring (bicyclic) bond motifs is 1. The van der Waals surface area contributed by atoms with Gasteiger partial charge < -0.3 is 9.72 Å². The molecule has 0 aliphatic heterocycles. The summed E-state index contributed by atoms with van der Waals surface area (Å²) in [7, 11) is 1.65. The van der Waals surface area contributed by atoms with Crippen LogP contribution in [-0.4, -0.2) is 12.1 Å². The quantitative estimate of drug-likeness (QED) is 0.653. The number of hydrogen-bond donors (Lipinski definition) is 1. The van der Waals surface area contributed by atoms with E-state index in [2.05, 4.69) is 11.1 Å².